The van der Waals surface area contributed by atoms with Gasteiger partial charge in [0.25, 0.3) is 0 Å². The summed E-state index contributed by atoms with van der Waals surface area (Å²) >= 11 is 0. The summed E-state index contributed by atoms with van der Waals surface area (Å²) in [6, 6.07) is 6.42. The minimum atomic E-state index is -0.541. The number of hydrogen-bond acceptors (Lipinski definition) is 3. The molecule has 0 aromatic heterocycles. The average Bonchev–Trinajstić information content (AvgIpc) is 2.37. The van der Waals surface area contributed by atoms with Crippen molar-refractivity contribution in [3.05, 3.63) is 29.8 Å². The van der Waals surface area contributed by atoms with Crippen molar-refractivity contribution in [3.8, 4) is 5.75 Å². The highest BCUT2D eigenvalue weighted by molar-refractivity contribution is 5.82. The highest BCUT2D eigenvalue weighted by Crippen LogP contribution is 2.13. The molecule has 0 aliphatic rings. The Morgan fingerprint density at radius 1 is 1.20 bits per heavy atom. The largest absolute Gasteiger partial charge is 0.508 e. The summed E-state index contributed by atoms with van der Waals surface area (Å²) in [6.07, 6.45) is 0.487. The minimum Gasteiger partial charge on any atom is -0.508 e. The predicted octanol–water partition coefficient (Wildman–Crippen LogP) is 2.15. The first-order valence-electron chi connectivity index (χ1n) is 7.15. The van der Waals surface area contributed by atoms with E-state index in [0.717, 1.165) is 12.1 Å². The third-order valence-electron chi connectivity index (χ3n) is 3.18. The van der Waals surface area contributed by atoms with Crippen LogP contribution in [0.25, 0.3) is 0 Å². The Labute approximate surface area is 121 Å². The predicted molar refractivity (Wildman–Crippen MR) is 81.5 cm³/mol. The third kappa shape index (κ3) is 4.85. The Balaban J connectivity index is 2.71. The van der Waals surface area contributed by atoms with E-state index in [1.165, 1.54) is 0 Å². The highest BCUT2D eigenvalue weighted by Gasteiger charge is 2.24. The molecule has 112 valence electrons. The molecule has 1 amide bonds. The lowest BCUT2D eigenvalue weighted by atomic mass is 10.0. The molecule has 0 saturated heterocycles. The lowest BCUT2D eigenvalue weighted by Gasteiger charge is -2.31. The SMILES string of the molecule is CC(C)CN(C(=O)C(N)Cc1ccc(O)cc1)C(C)C. The first-order chi connectivity index (χ1) is 9.31. The first-order valence-corrected chi connectivity index (χ1v) is 7.15. The monoisotopic (exact) mass is 278 g/mol. The number of rotatable bonds is 6. The normalized spacial score (nSPS) is 12.8. The van der Waals surface area contributed by atoms with Crippen LogP contribution in [0.3, 0.4) is 0 Å². The number of aromatic hydroxyl groups is 1. The van der Waals surface area contributed by atoms with Crippen LogP contribution >= 0.6 is 0 Å². The third-order valence-corrected chi connectivity index (χ3v) is 3.18. The fraction of sp³-hybridized carbons (Fsp3) is 0.562. The van der Waals surface area contributed by atoms with Gasteiger partial charge in [-0.2, -0.15) is 0 Å². The lowest BCUT2D eigenvalue weighted by Crippen LogP contribution is -2.49. The van der Waals surface area contributed by atoms with Crippen LogP contribution in [0.2, 0.25) is 0 Å². The van der Waals surface area contributed by atoms with Crippen molar-refractivity contribution in [2.75, 3.05) is 6.54 Å². The number of benzene rings is 1. The van der Waals surface area contributed by atoms with E-state index >= 15 is 0 Å². The summed E-state index contributed by atoms with van der Waals surface area (Å²) in [4.78, 5) is 14.3. The molecule has 4 nitrogen and oxygen atoms in total. The van der Waals surface area contributed by atoms with E-state index in [0.29, 0.717) is 12.3 Å². The molecular weight excluding hydrogens is 252 g/mol. The molecule has 4 heteroatoms. The Bertz CT molecular complexity index is 427. The van der Waals surface area contributed by atoms with Gasteiger partial charge in [0.1, 0.15) is 5.75 Å². The molecule has 1 atom stereocenters. The zero-order chi connectivity index (χ0) is 15.3. The van der Waals surface area contributed by atoms with Crippen LogP contribution in [-0.2, 0) is 11.2 Å². The molecule has 0 bridgehead atoms. The Morgan fingerprint density at radius 2 is 1.75 bits per heavy atom. The standard InChI is InChI=1S/C16H26N2O2/c1-11(2)10-18(12(3)4)16(20)15(17)9-13-5-7-14(19)8-6-13/h5-8,11-12,15,19H,9-10,17H2,1-4H3. The molecule has 3 N–H and O–H groups in total. The highest BCUT2D eigenvalue weighted by atomic mass is 16.3. The van der Waals surface area contributed by atoms with E-state index in [9.17, 15) is 9.90 Å². The molecule has 1 rings (SSSR count). The summed E-state index contributed by atoms with van der Waals surface area (Å²) in [5.74, 6) is 0.626. The quantitative estimate of drug-likeness (QED) is 0.838. The van der Waals surface area contributed by atoms with Crippen LogP contribution < -0.4 is 5.73 Å². The minimum absolute atomic E-state index is 0.0122. The maximum atomic E-state index is 12.4. The maximum Gasteiger partial charge on any atom is 0.240 e. The average molecular weight is 278 g/mol. The van der Waals surface area contributed by atoms with Gasteiger partial charge in [-0.3, -0.25) is 4.79 Å². The van der Waals surface area contributed by atoms with Crippen molar-refractivity contribution >= 4 is 5.91 Å². The Kier molecular flexibility index (Phi) is 6.02. The summed E-state index contributed by atoms with van der Waals surface area (Å²) in [6.45, 7) is 8.92. The lowest BCUT2D eigenvalue weighted by molar-refractivity contribution is -0.134. The summed E-state index contributed by atoms with van der Waals surface area (Å²) < 4.78 is 0. The molecule has 1 unspecified atom stereocenters. The molecule has 0 spiro atoms. The van der Waals surface area contributed by atoms with Crippen molar-refractivity contribution in [1.82, 2.24) is 4.90 Å². The van der Waals surface area contributed by atoms with Crippen molar-refractivity contribution in [2.45, 2.75) is 46.2 Å². The van der Waals surface area contributed by atoms with Gasteiger partial charge in [-0.25, -0.2) is 0 Å². The van der Waals surface area contributed by atoms with Crippen LogP contribution in [0.4, 0.5) is 0 Å². The van der Waals surface area contributed by atoms with Gasteiger partial charge in [0.2, 0.25) is 5.91 Å². The Hall–Kier alpha value is -1.55. The zero-order valence-electron chi connectivity index (χ0n) is 12.8. The number of nitrogens with two attached hydrogens (primary N) is 1. The molecule has 0 saturated carbocycles. The number of carbonyl (C=O) groups is 1. The smallest absolute Gasteiger partial charge is 0.240 e. The van der Waals surface area contributed by atoms with E-state index < -0.39 is 6.04 Å². The first kappa shape index (κ1) is 16.5. The van der Waals surface area contributed by atoms with Gasteiger partial charge < -0.3 is 15.7 Å². The molecule has 0 aliphatic carbocycles. The number of nitrogens with zero attached hydrogens (tertiary/aromatic N) is 1. The molecule has 20 heavy (non-hydrogen) atoms. The number of amides is 1. The van der Waals surface area contributed by atoms with Crippen molar-refractivity contribution in [3.63, 3.8) is 0 Å². The molecular formula is C16H26N2O2. The molecule has 1 aromatic carbocycles. The fourth-order valence-electron chi connectivity index (χ4n) is 2.13. The van der Waals surface area contributed by atoms with Crippen LogP contribution in [0, 0.1) is 5.92 Å². The van der Waals surface area contributed by atoms with E-state index in [1.54, 1.807) is 24.3 Å². The summed E-state index contributed by atoms with van der Waals surface area (Å²) in [5, 5.41) is 9.25. The number of hydrogen-bond donors (Lipinski definition) is 2. The van der Waals surface area contributed by atoms with Gasteiger partial charge in [-0.15, -0.1) is 0 Å². The second kappa shape index (κ2) is 7.29. The van der Waals surface area contributed by atoms with E-state index in [-0.39, 0.29) is 17.7 Å². The van der Waals surface area contributed by atoms with Crippen molar-refractivity contribution in [1.29, 1.82) is 0 Å². The van der Waals surface area contributed by atoms with Gasteiger partial charge in [-0.05, 0) is 43.9 Å². The van der Waals surface area contributed by atoms with Crippen LogP contribution in [0.1, 0.15) is 33.3 Å². The van der Waals surface area contributed by atoms with Crippen molar-refractivity contribution < 1.29 is 9.90 Å². The zero-order valence-corrected chi connectivity index (χ0v) is 12.8. The fourth-order valence-corrected chi connectivity index (χ4v) is 2.13. The molecule has 0 fully saturated rings. The van der Waals surface area contributed by atoms with Crippen molar-refractivity contribution in [2.24, 2.45) is 11.7 Å². The van der Waals surface area contributed by atoms with E-state index in [1.807, 2.05) is 18.7 Å². The van der Waals surface area contributed by atoms with Gasteiger partial charge in [0.05, 0.1) is 6.04 Å². The van der Waals surface area contributed by atoms with Gasteiger partial charge in [0, 0.05) is 12.6 Å². The second-order valence-corrected chi connectivity index (χ2v) is 5.96. The van der Waals surface area contributed by atoms with E-state index in [2.05, 4.69) is 13.8 Å². The van der Waals surface area contributed by atoms with Gasteiger partial charge >= 0.3 is 0 Å². The van der Waals surface area contributed by atoms with Crippen LogP contribution in [0.5, 0.6) is 5.75 Å². The number of phenols is 1. The summed E-state index contributed by atoms with van der Waals surface area (Å²) in [7, 11) is 0. The Morgan fingerprint density at radius 3 is 2.20 bits per heavy atom. The van der Waals surface area contributed by atoms with Gasteiger partial charge in [-0.1, -0.05) is 26.0 Å². The topological polar surface area (TPSA) is 66.6 Å². The number of carbonyl (C=O) groups excluding carboxylic acids is 1. The molecule has 0 heterocycles. The van der Waals surface area contributed by atoms with E-state index in [4.69, 9.17) is 5.73 Å². The van der Waals surface area contributed by atoms with Crippen LogP contribution in [0.15, 0.2) is 24.3 Å². The van der Waals surface area contributed by atoms with Gasteiger partial charge in [0.15, 0.2) is 0 Å². The molecule has 0 aliphatic heterocycles. The summed E-state index contributed by atoms with van der Waals surface area (Å²) in [5.41, 5.74) is 7.00. The maximum absolute atomic E-state index is 12.4. The second-order valence-electron chi connectivity index (χ2n) is 5.96. The number of phenolic OH excluding ortho intramolecular Hbond substituents is 1. The van der Waals surface area contributed by atoms with Crippen LogP contribution in [-0.4, -0.2) is 34.5 Å². The molecule has 1 aromatic rings. The molecule has 0 radical (unpaired) electrons.